The van der Waals surface area contributed by atoms with Crippen molar-refractivity contribution in [1.82, 2.24) is 9.62 Å². The average Bonchev–Trinajstić information content (AvgIpc) is 2.46. The Hall–Kier alpha value is -1.24. The summed E-state index contributed by atoms with van der Waals surface area (Å²) >= 11 is 0. The molecule has 0 amide bonds. The van der Waals surface area contributed by atoms with Crippen LogP contribution in [0.4, 0.5) is 4.39 Å². The number of rotatable bonds is 5. The summed E-state index contributed by atoms with van der Waals surface area (Å²) in [6, 6.07) is 3.96. The van der Waals surface area contributed by atoms with E-state index in [1.807, 2.05) is 19.9 Å². The van der Waals surface area contributed by atoms with Gasteiger partial charge in [0.1, 0.15) is 5.82 Å². The topological polar surface area (TPSA) is 49.4 Å². The molecule has 6 heteroatoms. The minimum atomic E-state index is -3.67. The molecular formula is C15H21FN2O2S. The van der Waals surface area contributed by atoms with Crippen LogP contribution in [0, 0.1) is 5.82 Å². The van der Waals surface area contributed by atoms with Gasteiger partial charge in [0, 0.05) is 19.6 Å². The van der Waals surface area contributed by atoms with Crippen LogP contribution < -0.4 is 5.32 Å². The lowest BCUT2D eigenvalue weighted by atomic mass is 10.2. The van der Waals surface area contributed by atoms with Crippen molar-refractivity contribution in [3.63, 3.8) is 0 Å². The Bertz CT molecular complexity index is 641. The predicted molar refractivity (Wildman–Crippen MR) is 80.9 cm³/mol. The molecule has 21 heavy (non-hydrogen) atoms. The zero-order chi connectivity index (χ0) is 15.5. The maximum atomic E-state index is 13.5. The largest absolute Gasteiger partial charge is 0.313 e. The number of nitrogens with zero attached hydrogens (tertiary/aromatic N) is 1. The Morgan fingerprint density at radius 2 is 2.14 bits per heavy atom. The SMILES string of the molecule is CCNCc1ccc(F)cc1S(=O)(=O)N1CCC=C(C)C1. The lowest BCUT2D eigenvalue weighted by molar-refractivity contribution is 0.426. The molecule has 1 aromatic carbocycles. The summed E-state index contributed by atoms with van der Waals surface area (Å²) in [7, 11) is -3.67. The van der Waals surface area contributed by atoms with Gasteiger partial charge in [0.25, 0.3) is 0 Å². The summed E-state index contributed by atoms with van der Waals surface area (Å²) in [5, 5.41) is 3.09. The van der Waals surface area contributed by atoms with Crippen LogP contribution in [0.1, 0.15) is 25.8 Å². The molecule has 0 saturated carbocycles. The Morgan fingerprint density at radius 1 is 1.38 bits per heavy atom. The van der Waals surface area contributed by atoms with Gasteiger partial charge in [-0.15, -0.1) is 0 Å². The summed E-state index contributed by atoms with van der Waals surface area (Å²) in [6.07, 6.45) is 2.74. The molecule has 0 unspecified atom stereocenters. The number of hydrogen-bond acceptors (Lipinski definition) is 3. The van der Waals surface area contributed by atoms with Gasteiger partial charge in [-0.1, -0.05) is 24.6 Å². The van der Waals surface area contributed by atoms with E-state index in [0.29, 0.717) is 31.6 Å². The van der Waals surface area contributed by atoms with Crippen molar-refractivity contribution in [2.24, 2.45) is 0 Å². The van der Waals surface area contributed by atoms with Crippen LogP contribution in [0.25, 0.3) is 0 Å². The van der Waals surface area contributed by atoms with Crippen LogP contribution in [0.3, 0.4) is 0 Å². The highest BCUT2D eigenvalue weighted by molar-refractivity contribution is 7.89. The van der Waals surface area contributed by atoms with E-state index in [9.17, 15) is 12.8 Å². The van der Waals surface area contributed by atoms with Gasteiger partial charge in [0.05, 0.1) is 4.90 Å². The first-order valence-electron chi connectivity index (χ1n) is 7.10. The van der Waals surface area contributed by atoms with E-state index in [4.69, 9.17) is 0 Å². The molecule has 2 rings (SSSR count). The molecule has 116 valence electrons. The molecule has 0 bridgehead atoms. The number of nitrogens with one attached hydrogen (secondary N) is 1. The summed E-state index contributed by atoms with van der Waals surface area (Å²) < 4.78 is 40.5. The van der Waals surface area contributed by atoms with Crippen LogP contribution >= 0.6 is 0 Å². The van der Waals surface area contributed by atoms with Crippen molar-refractivity contribution in [3.05, 3.63) is 41.2 Å². The normalized spacial score (nSPS) is 16.8. The fraction of sp³-hybridized carbons (Fsp3) is 0.467. The van der Waals surface area contributed by atoms with Crippen molar-refractivity contribution in [1.29, 1.82) is 0 Å². The fourth-order valence-corrected chi connectivity index (χ4v) is 4.13. The third kappa shape index (κ3) is 3.70. The minimum Gasteiger partial charge on any atom is -0.313 e. The van der Waals surface area contributed by atoms with E-state index in [1.54, 1.807) is 0 Å². The molecule has 0 aliphatic carbocycles. The van der Waals surface area contributed by atoms with Crippen molar-refractivity contribution < 1.29 is 12.8 Å². The number of benzene rings is 1. The summed E-state index contributed by atoms with van der Waals surface area (Å²) in [5.41, 5.74) is 1.62. The van der Waals surface area contributed by atoms with E-state index in [2.05, 4.69) is 5.32 Å². The van der Waals surface area contributed by atoms with Gasteiger partial charge >= 0.3 is 0 Å². The second-order valence-electron chi connectivity index (χ2n) is 5.21. The van der Waals surface area contributed by atoms with Crippen molar-refractivity contribution in [3.8, 4) is 0 Å². The van der Waals surface area contributed by atoms with Crippen molar-refractivity contribution >= 4 is 10.0 Å². The standard InChI is InChI=1S/C15H21FN2O2S/c1-3-17-10-13-6-7-14(16)9-15(13)21(19,20)18-8-4-5-12(2)11-18/h5-7,9,17H,3-4,8,10-11H2,1-2H3. The predicted octanol–water partition coefficient (Wildman–Crippen LogP) is 2.28. The lowest BCUT2D eigenvalue weighted by Gasteiger charge is -2.26. The molecule has 0 atom stereocenters. The number of sulfonamides is 1. The van der Waals surface area contributed by atoms with Gasteiger partial charge in [0.15, 0.2) is 0 Å². The van der Waals surface area contributed by atoms with Gasteiger partial charge < -0.3 is 5.32 Å². The van der Waals surface area contributed by atoms with E-state index < -0.39 is 15.8 Å². The van der Waals surface area contributed by atoms with E-state index >= 15 is 0 Å². The Kier molecular flexibility index (Phi) is 5.13. The molecule has 1 heterocycles. The smallest absolute Gasteiger partial charge is 0.243 e. The Labute approximate surface area is 125 Å². The highest BCUT2D eigenvalue weighted by Crippen LogP contribution is 2.24. The molecule has 0 aromatic heterocycles. The summed E-state index contributed by atoms with van der Waals surface area (Å²) in [4.78, 5) is 0.0677. The molecule has 0 saturated heterocycles. The highest BCUT2D eigenvalue weighted by Gasteiger charge is 2.28. The molecule has 1 aliphatic rings. The van der Waals surface area contributed by atoms with E-state index in [0.717, 1.165) is 18.2 Å². The first-order chi connectivity index (χ1) is 9.95. The van der Waals surface area contributed by atoms with Crippen molar-refractivity contribution in [2.45, 2.75) is 31.7 Å². The third-order valence-electron chi connectivity index (χ3n) is 3.51. The molecule has 1 N–H and O–H groups in total. The van der Waals surface area contributed by atoms with Gasteiger partial charge in [-0.05, 0) is 37.6 Å². The first-order valence-corrected chi connectivity index (χ1v) is 8.54. The van der Waals surface area contributed by atoms with Gasteiger partial charge in [-0.25, -0.2) is 12.8 Å². The highest BCUT2D eigenvalue weighted by atomic mass is 32.2. The summed E-state index contributed by atoms with van der Waals surface area (Å²) in [5.74, 6) is -0.530. The van der Waals surface area contributed by atoms with E-state index in [1.165, 1.54) is 16.4 Å². The number of halogens is 1. The van der Waals surface area contributed by atoms with Gasteiger partial charge in [-0.3, -0.25) is 0 Å². The second kappa shape index (κ2) is 6.68. The molecule has 1 aliphatic heterocycles. The fourth-order valence-electron chi connectivity index (χ4n) is 2.40. The lowest BCUT2D eigenvalue weighted by Crippen LogP contribution is -2.36. The van der Waals surface area contributed by atoms with Crippen LogP contribution in [0.5, 0.6) is 0 Å². The van der Waals surface area contributed by atoms with Crippen LogP contribution in [-0.2, 0) is 16.6 Å². The third-order valence-corrected chi connectivity index (χ3v) is 5.44. The Balaban J connectivity index is 2.38. The maximum absolute atomic E-state index is 13.5. The average molecular weight is 312 g/mol. The Morgan fingerprint density at radius 3 is 2.81 bits per heavy atom. The van der Waals surface area contributed by atoms with Crippen molar-refractivity contribution in [2.75, 3.05) is 19.6 Å². The summed E-state index contributed by atoms with van der Waals surface area (Å²) in [6.45, 7) is 5.80. The van der Waals surface area contributed by atoms with Gasteiger partial charge in [-0.2, -0.15) is 4.31 Å². The molecule has 0 spiro atoms. The molecule has 1 aromatic rings. The zero-order valence-electron chi connectivity index (χ0n) is 12.4. The van der Waals surface area contributed by atoms with Crippen LogP contribution in [0.15, 0.2) is 34.7 Å². The van der Waals surface area contributed by atoms with Gasteiger partial charge in [0.2, 0.25) is 10.0 Å². The molecule has 0 fully saturated rings. The zero-order valence-corrected chi connectivity index (χ0v) is 13.2. The maximum Gasteiger partial charge on any atom is 0.243 e. The molecule has 0 radical (unpaired) electrons. The molecule has 4 nitrogen and oxygen atoms in total. The second-order valence-corrected chi connectivity index (χ2v) is 7.12. The van der Waals surface area contributed by atoms with Crippen LogP contribution in [0.2, 0.25) is 0 Å². The van der Waals surface area contributed by atoms with Crippen LogP contribution in [-0.4, -0.2) is 32.4 Å². The van der Waals surface area contributed by atoms with E-state index in [-0.39, 0.29) is 4.90 Å². The molecular weight excluding hydrogens is 291 g/mol. The quantitative estimate of drug-likeness (QED) is 0.849. The number of hydrogen-bond donors (Lipinski definition) is 1. The monoisotopic (exact) mass is 312 g/mol. The first kappa shape index (κ1) is 16.1. The minimum absolute atomic E-state index is 0.0677.